The second-order valence-corrected chi connectivity index (χ2v) is 3.58. The molecule has 52 valence electrons. The van der Waals surface area contributed by atoms with Gasteiger partial charge in [0.15, 0.2) is 0 Å². The fourth-order valence-electron chi connectivity index (χ4n) is 0.717. The molecule has 0 nitrogen and oxygen atoms in total. The summed E-state index contributed by atoms with van der Waals surface area (Å²) < 4.78 is 1.27. The molecule has 0 saturated carbocycles. The Morgan fingerprint density at radius 2 is 1.90 bits per heavy atom. The highest BCUT2D eigenvalue weighted by atomic mass is 127. The van der Waals surface area contributed by atoms with Gasteiger partial charge in [0.1, 0.15) is 0 Å². The van der Waals surface area contributed by atoms with Gasteiger partial charge in [-0.2, -0.15) is 0 Å². The number of halogens is 1. The number of thiocarbonyl (C=S) groups is 1. The molecule has 0 heterocycles. The van der Waals surface area contributed by atoms with Crippen LogP contribution in [0.4, 0.5) is 0 Å². The van der Waals surface area contributed by atoms with Crippen molar-refractivity contribution in [2.75, 3.05) is 0 Å². The molecule has 0 aliphatic heterocycles. The number of benzene rings is 1. The van der Waals surface area contributed by atoms with Crippen LogP contribution in [0.15, 0.2) is 24.3 Å². The van der Waals surface area contributed by atoms with Crippen LogP contribution in [0.25, 0.3) is 0 Å². The molecule has 1 aromatic rings. The van der Waals surface area contributed by atoms with E-state index < -0.39 is 0 Å². The zero-order valence-electron chi connectivity index (χ0n) is 5.38. The van der Waals surface area contributed by atoms with Crippen LogP contribution in [0, 0.1) is 3.57 Å². The van der Waals surface area contributed by atoms with Crippen LogP contribution in [-0.4, -0.2) is 5.37 Å². The van der Waals surface area contributed by atoms with Crippen molar-refractivity contribution in [1.29, 1.82) is 0 Å². The summed E-state index contributed by atoms with van der Waals surface area (Å²) in [5.41, 5.74) is 1.29. The van der Waals surface area contributed by atoms with E-state index in [9.17, 15) is 0 Å². The lowest BCUT2D eigenvalue weighted by atomic mass is 10.2. The van der Waals surface area contributed by atoms with E-state index in [4.69, 9.17) is 12.2 Å². The molecule has 0 N–H and O–H groups in total. The lowest BCUT2D eigenvalue weighted by Crippen LogP contribution is -1.82. The van der Waals surface area contributed by atoms with E-state index in [1.807, 2.05) is 0 Å². The molecule has 0 aliphatic carbocycles. The molecule has 1 aromatic carbocycles. The summed E-state index contributed by atoms with van der Waals surface area (Å²) >= 11 is 7.03. The van der Waals surface area contributed by atoms with Crippen LogP contribution >= 0.6 is 34.8 Å². The maximum atomic E-state index is 4.74. The van der Waals surface area contributed by atoms with Gasteiger partial charge in [-0.05, 0) is 45.7 Å². The van der Waals surface area contributed by atoms with Crippen LogP contribution in [0.1, 0.15) is 5.56 Å². The summed E-state index contributed by atoms with van der Waals surface area (Å²) in [4.78, 5) is 0. The van der Waals surface area contributed by atoms with Gasteiger partial charge in [-0.1, -0.05) is 24.4 Å². The Morgan fingerprint density at radius 1 is 1.30 bits per heavy atom. The number of rotatable bonds is 2. The van der Waals surface area contributed by atoms with Gasteiger partial charge in [0.2, 0.25) is 0 Å². The maximum Gasteiger partial charge on any atom is 0.0130 e. The van der Waals surface area contributed by atoms with Crippen LogP contribution in [0.5, 0.6) is 0 Å². The van der Waals surface area contributed by atoms with Crippen molar-refractivity contribution < 1.29 is 0 Å². The first-order chi connectivity index (χ1) is 4.83. The molecule has 0 unspecified atom stereocenters. The fraction of sp³-hybridized carbons (Fsp3) is 0.125. The summed E-state index contributed by atoms with van der Waals surface area (Å²) in [7, 11) is 0. The van der Waals surface area contributed by atoms with Gasteiger partial charge in [-0.25, -0.2) is 0 Å². The van der Waals surface area contributed by atoms with Gasteiger partial charge in [-0.3, -0.25) is 0 Å². The smallest absolute Gasteiger partial charge is 0.0130 e. The topological polar surface area (TPSA) is 0 Å². The molecule has 0 amide bonds. The van der Waals surface area contributed by atoms with Crippen LogP contribution in [0.2, 0.25) is 0 Å². The quantitative estimate of drug-likeness (QED) is 0.583. The van der Waals surface area contributed by atoms with Gasteiger partial charge in [0.25, 0.3) is 0 Å². The standard InChI is InChI=1S/C8H7IS/c9-8-3-1-7(2-4-8)5-6-10/h1-4,6H,5H2. The third-order valence-corrected chi connectivity index (χ3v) is 2.12. The predicted molar refractivity (Wildman–Crippen MR) is 56.5 cm³/mol. The third kappa shape index (κ3) is 2.34. The predicted octanol–water partition coefficient (Wildman–Crippen LogP) is 2.83. The Labute approximate surface area is 79.8 Å². The second-order valence-electron chi connectivity index (χ2n) is 2.00. The van der Waals surface area contributed by atoms with E-state index in [-0.39, 0.29) is 0 Å². The third-order valence-electron chi connectivity index (χ3n) is 1.23. The molecule has 0 aliphatic rings. The summed E-state index contributed by atoms with van der Waals surface area (Å²) in [6.45, 7) is 0. The Kier molecular flexibility index (Phi) is 3.28. The summed E-state index contributed by atoms with van der Waals surface area (Å²) in [5, 5.41) is 1.75. The van der Waals surface area contributed by atoms with Crippen LogP contribution < -0.4 is 0 Å². The Hall–Kier alpha value is 0.0400. The summed E-state index contributed by atoms with van der Waals surface area (Å²) in [5.74, 6) is 0. The zero-order chi connectivity index (χ0) is 7.40. The minimum Gasteiger partial charge on any atom is -0.0931 e. The molecule has 1 rings (SSSR count). The number of hydrogen-bond acceptors (Lipinski definition) is 1. The van der Waals surface area contributed by atoms with Crippen molar-refractivity contribution in [3.63, 3.8) is 0 Å². The molecule has 10 heavy (non-hydrogen) atoms. The fourth-order valence-corrected chi connectivity index (χ4v) is 1.27. The second kappa shape index (κ2) is 4.03. The molecular formula is C8H7IS. The maximum absolute atomic E-state index is 4.74. The van der Waals surface area contributed by atoms with Gasteiger partial charge in [0.05, 0.1) is 0 Å². The van der Waals surface area contributed by atoms with Gasteiger partial charge in [-0.15, -0.1) is 0 Å². The zero-order valence-corrected chi connectivity index (χ0v) is 8.35. The first-order valence-corrected chi connectivity index (χ1v) is 4.56. The average molecular weight is 262 g/mol. The minimum absolute atomic E-state index is 0.895. The number of hydrogen-bond donors (Lipinski definition) is 0. The van der Waals surface area contributed by atoms with Crippen molar-refractivity contribution in [2.45, 2.75) is 6.42 Å². The van der Waals surface area contributed by atoms with E-state index in [1.54, 1.807) is 5.37 Å². The van der Waals surface area contributed by atoms with Gasteiger partial charge < -0.3 is 0 Å². The molecule has 0 fully saturated rings. The van der Waals surface area contributed by atoms with E-state index >= 15 is 0 Å². The summed E-state index contributed by atoms with van der Waals surface area (Å²) in [6.07, 6.45) is 0.895. The normalized spacial score (nSPS) is 9.30. The first-order valence-electron chi connectivity index (χ1n) is 3.01. The highest BCUT2D eigenvalue weighted by molar-refractivity contribution is 14.1. The average Bonchev–Trinajstić information content (AvgIpc) is 1.95. The SMILES string of the molecule is S=CCc1ccc(I)cc1. The monoisotopic (exact) mass is 262 g/mol. The van der Waals surface area contributed by atoms with Crippen molar-refractivity contribution in [3.05, 3.63) is 33.4 Å². The van der Waals surface area contributed by atoms with Gasteiger partial charge in [0, 0.05) is 9.99 Å². The van der Waals surface area contributed by atoms with Crippen LogP contribution in [-0.2, 0) is 6.42 Å². The van der Waals surface area contributed by atoms with Gasteiger partial charge >= 0.3 is 0 Å². The highest BCUT2D eigenvalue weighted by Gasteiger charge is 1.87. The molecule has 2 heteroatoms. The van der Waals surface area contributed by atoms with E-state index in [1.165, 1.54) is 9.13 Å². The Balaban J connectivity index is 2.78. The van der Waals surface area contributed by atoms with E-state index in [0.29, 0.717) is 0 Å². The minimum atomic E-state index is 0.895. The Bertz CT molecular complexity index is 215. The van der Waals surface area contributed by atoms with Crippen molar-refractivity contribution in [3.8, 4) is 0 Å². The van der Waals surface area contributed by atoms with Crippen molar-refractivity contribution in [2.24, 2.45) is 0 Å². The largest absolute Gasteiger partial charge is 0.0931 e. The molecule has 0 spiro atoms. The lowest BCUT2D eigenvalue weighted by molar-refractivity contribution is 1.37. The summed E-state index contributed by atoms with van der Waals surface area (Å²) in [6, 6.07) is 8.39. The highest BCUT2D eigenvalue weighted by Crippen LogP contribution is 2.06. The molecule has 0 aromatic heterocycles. The molecule has 0 atom stereocenters. The van der Waals surface area contributed by atoms with Crippen molar-refractivity contribution >= 4 is 40.2 Å². The molecular weight excluding hydrogens is 255 g/mol. The molecule has 0 radical (unpaired) electrons. The van der Waals surface area contributed by atoms with E-state index in [2.05, 4.69) is 46.9 Å². The first kappa shape index (κ1) is 8.14. The van der Waals surface area contributed by atoms with E-state index in [0.717, 1.165) is 6.42 Å². The Morgan fingerprint density at radius 3 is 2.40 bits per heavy atom. The van der Waals surface area contributed by atoms with Crippen LogP contribution in [0.3, 0.4) is 0 Å². The molecule has 0 bridgehead atoms. The lowest BCUT2D eigenvalue weighted by Gasteiger charge is -1.93. The molecule has 0 saturated heterocycles. The van der Waals surface area contributed by atoms with Crippen molar-refractivity contribution in [1.82, 2.24) is 0 Å².